The van der Waals surface area contributed by atoms with Crippen LogP contribution < -0.4 is 0 Å². The summed E-state index contributed by atoms with van der Waals surface area (Å²) in [5.74, 6) is -1.18. The maximum absolute atomic E-state index is 15.4. The third-order valence-electron chi connectivity index (χ3n) is 4.10. The van der Waals surface area contributed by atoms with Crippen molar-refractivity contribution in [3.8, 4) is 0 Å². The van der Waals surface area contributed by atoms with Gasteiger partial charge in [0.15, 0.2) is 0 Å². The lowest BCUT2D eigenvalue weighted by Crippen LogP contribution is -2.54. The molecule has 1 aliphatic heterocycles. The molecule has 7 heteroatoms. The molecule has 2 rings (SSSR count). The van der Waals surface area contributed by atoms with Crippen molar-refractivity contribution in [3.05, 3.63) is 35.6 Å². The van der Waals surface area contributed by atoms with Crippen molar-refractivity contribution < 1.29 is 27.8 Å². The molecule has 0 N–H and O–H groups in total. The highest BCUT2D eigenvalue weighted by Crippen LogP contribution is 2.40. The van der Waals surface area contributed by atoms with E-state index in [-0.39, 0.29) is 24.9 Å². The minimum absolute atomic E-state index is 0.0114. The number of hydrogen-bond donors (Lipinski definition) is 0. The van der Waals surface area contributed by atoms with Crippen LogP contribution in [-0.2, 0) is 19.9 Å². The molecule has 1 heterocycles. The van der Waals surface area contributed by atoms with Crippen LogP contribution >= 0.6 is 0 Å². The van der Waals surface area contributed by atoms with Crippen LogP contribution in [0.15, 0.2) is 24.3 Å². The van der Waals surface area contributed by atoms with Gasteiger partial charge in [0.1, 0.15) is 23.1 Å². The molecule has 0 aliphatic carbocycles. The van der Waals surface area contributed by atoms with E-state index in [2.05, 4.69) is 0 Å². The molecule has 0 aromatic heterocycles. The quantitative estimate of drug-likeness (QED) is 0.761. The van der Waals surface area contributed by atoms with E-state index in [0.717, 1.165) is 0 Å². The molecule has 0 bridgehead atoms. The van der Waals surface area contributed by atoms with Gasteiger partial charge >= 0.3 is 12.1 Å². The normalized spacial score (nSPS) is 23.9. The predicted molar refractivity (Wildman–Crippen MR) is 87.2 cm³/mol. The second-order valence-corrected chi connectivity index (χ2v) is 7.14. The lowest BCUT2D eigenvalue weighted by atomic mass is 9.82. The molecule has 1 saturated heterocycles. The molecular formula is C18H23F2NO4. The molecule has 1 unspecified atom stereocenters. The minimum atomic E-state index is -1.86. The number of nitrogens with zero attached hydrogens (tertiary/aromatic N) is 1. The second kappa shape index (κ2) is 6.98. The summed E-state index contributed by atoms with van der Waals surface area (Å²) in [6.07, 6.45) is -0.986. The van der Waals surface area contributed by atoms with E-state index in [0.29, 0.717) is 0 Å². The number of halogens is 2. The van der Waals surface area contributed by atoms with Crippen molar-refractivity contribution in [1.82, 2.24) is 4.90 Å². The average Bonchev–Trinajstić information content (AvgIpc) is 2.52. The fraction of sp³-hybridized carbons (Fsp3) is 0.556. The standard InChI is InChI=1S/C18H23F2NO4/c1-17(2,3)25-16(23)21-10-9-18(20,11-14(21)15(22)24-4)12-5-7-13(19)8-6-12/h5-8,14H,9-11H2,1-4H3/t14-,18?/m1/s1. The summed E-state index contributed by atoms with van der Waals surface area (Å²) >= 11 is 0. The van der Waals surface area contributed by atoms with Crippen molar-refractivity contribution in [2.75, 3.05) is 13.7 Å². The number of amides is 1. The largest absolute Gasteiger partial charge is 0.467 e. The Bertz CT molecular complexity index is 641. The van der Waals surface area contributed by atoms with Crippen molar-refractivity contribution in [3.63, 3.8) is 0 Å². The van der Waals surface area contributed by atoms with Crippen molar-refractivity contribution in [2.45, 2.75) is 50.9 Å². The molecule has 1 amide bonds. The minimum Gasteiger partial charge on any atom is -0.467 e. The zero-order valence-electron chi connectivity index (χ0n) is 14.8. The van der Waals surface area contributed by atoms with E-state index in [1.807, 2.05) is 0 Å². The fourth-order valence-electron chi connectivity index (χ4n) is 2.87. The Morgan fingerprint density at radius 2 is 1.84 bits per heavy atom. The number of alkyl halides is 1. The zero-order valence-corrected chi connectivity index (χ0v) is 14.8. The van der Waals surface area contributed by atoms with Crippen molar-refractivity contribution >= 4 is 12.1 Å². The highest BCUT2D eigenvalue weighted by atomic mass is 19.1. The molecule has 1 fully saturated rings. The van der Waals surface area contributed by atoms with Crippen molar-refractivity contribution in [1.29, 1.82) is 0 Å². The summed E-state index contributed by atoms with van der Waals surface area (Å²) in [7, 11) is 1.18. The first-order valence-electron chi connectivity index (χ1n) is 8.08. The summed E-state index contributed by atoms with van der Waals surface area (Å²) in [6, 6.07) is 3.94. The molecule has 0 radical (unpaired) electrons. The lowest BCUT2D eigenvalue weighted by Gasteiger charge is -2.41. The third-order valence-corrected chi connectivity index (χ3v) is 4.10. The van der Waals surface area contributed by atoms with Gasteiger partial charge in [-0.2, -0.15) is 0 Å². The molecule has 1 aliphatic rings. The monoisotopic (exact) mass is 355 g/mol. The van der Waals surface area contributed by atoms with E-state index in [1.54, 1.807) is 20.8 Å². The molecule has 5 nitrogen and oxygen atoms in total. The number of carbonyl (C=O) groups is 2. The summed E-state index contributed by atoms with van der Waals surface area (Å²) < 4.78 is 38.6. The van der Waals surface area contributed by atoms with Crippen LogP contribution in [0.4, 0.5) is 13.6 Å². The van der Waals surface area contributed by atoms with E-state index < -0.39 is 35.2 Å². The summed E-state index contributed by atoms with van der Waals surface area (Å²) in [5, 5.41) is 0. The number of piperidine rings is 1. The Labute approximate surface area is 145 Å². The maximum Gasteiger partial charge on any atom is 0.411 e. The summed E-state index contributed by atoms with van der Waals surface area (Å²) in [6.45, 7) is 5.11. The van der Waals surface area contributed by atoms with Crippen LogP contribution in [0.25, 0.3) is 0 Å². The second-order valence-electron chi connectivity index (χ2n) is 7.14. The van der Waals surface area contributed by atoms with Gasteiger partial charge in [0.2, 0.25) is 0 Å². The van der Waals surface area contributed by atoms with Crippen LogP contribution in [-0.4, -0.2) is 42.3 Å². The van der Waals surface area contributed by atoms with Gasteiger partial charge in [0.05, 0.1) is 7.11 Å². The van der Waals surface area contributed by atoms with Gasteiger partial charge in [-0.05, 0) is 38.5 Å². The average molecular weight is 355 g/mol. The fourth-order valence-corrected chi connectivity index (χ4v) is 2.87. The molecule has 2 atom stereocenters. The van der Waals surface area contributed by atoms with Gasteiger partial charge in [0, 0.05) is 19.4 Å². The molecule has 138 valence electrons. The molecule has 1 aromatic rings. The number of esters is 1. The summed E-state index contributed by atoms with van der Waals surface area (Å²) in [5.41, 5.74) is -2.32. The van der Waals surface area contributed by atoms with Gasteiger partial charge in [-0.25, -0.2) is 18.4 Å². The van der Waals surface area contributed by atoms with Crippen molar-refractivity contribution in [2.24, 2.45) is 0 Å². The van der Waals surface area contributed by atoms with Gasteiger partial charge in [-0.1, -0.05) is 12.1 Å². The van der Waals surface area contributed by atoms with Crippen LogP contribution in [0, 0.1) is 5.82 Å². The van der Waals surface area contributed by atoms with Gasteiger partial charge in [0.25, 0.3) is 0 Å². The first kappa shape index (κ1) is 19.1. The van der Waals surface area contributed by atoms with Crippen LogP contribution in [0.3, 0.4) is 0 Å². The zero-order chi connectivity index (χ0) is 18.8. The van der Waals surface area contributed by atoms with Gasteiger partial charge < -0.3 is 9.47 Å². The smallest absolute Gasteiger partial charge is 0.411 e. The van der Waals surface area contributed by atoms with Crippen LogP contribution in [0.2, 0.25) is 0 Å². The van der Waals surface area contributed by atoms with E-state index >= 15 is 4.39 Å². The number of methoxy groups -OCH3 is 1. The number of benzene rings is 1. The first-order valence-corrected chi connectivity index (χ1v) is 8.08. The maximum atomic E-state index is 15.4. The van der Waals surface area contributed by atoms with Crippen LogP contribution in [0.1, 0.15) is 39.2 Å². The first-order chi connectivity index (χ1) is 11.6. The summed E-state index contributed by atoms with van der Waals surface area (Å²) in [4.78, 5) is 25.7. The topological polar surface area (TPSA) is 55.8 Å². The van der Waals surface area contributed by atoms with E-state index in [4.69, 9.17) is 9.47 Å². The van der Waals surface area contributed by atoms with E-state index in [1.165, 1.54) is 36.3 Å². The van der Waals surface area contributed by atoms with Crippen LogP contribution in [0.5, 0.6) is 0 Å². The third kappa shape index (κ3) is 4.46. The molecular weight excluding hydrogens is 332 g/mol. The number of likely N-dealkylation sites (tertiary alicyclic amines) is 1. The molecule has 0 spiro atoms. The molecule has 1 aromatic carbocycles. The number of rotatable bonds is 2. The van der Waals surface area contributed by atoms with Gasteiger partial charge in [-0.3, -0.25) is 4.90 Å². The Kier molecular flexibility index (Phi) is 5.34. The molecule has 25 heavy (non-hydrogen) atoms. The molecule has 0 saturated carbocycles. The Morgan fingerprint density at radius 3 is 2.36 bits per heavy atom. The highest BCUT2D eigenvalue weighted by molar-refractivity contribution is 5.82. The Hall–Kier alpha value is -2.18. The lowest BCUT2D eigenvalue weighted by molar-refractivity contribution is -0.151. The SMILES string of the molecule is COC(=O)[C@H]1CC(F)(c2ccc(F)cc2)CCN1C(=O)OC(C)(C)C. The highest BCUT2D eigenvalue weighted by Gasteiger charge is 2.47. The predicted octanol–water partition coefficient (Wildman–Crippen LogP) is 3.56. The number of ether oxygens (including phenoxy) is 2. The van der Waals surface area contributed by atoms with Gasteiger partial charge in [-0.15, -0.1) is 0 Å². The Balaban J connectivity index is 2.26. The number of hydrogen-bond acceptors (Lipinski definition) is 4. The van der Waals surface area contributed by atoms with E-state index in [9.17, 15) is 14.0 Å². The Morgan fingerprint density at radius 1 is 1.24 bits per heavy atom. The number of carbonyl (C=O) groups excluding carboxylic acids is 2.